The second kappa shape index (κ2) is 5.95. The van der Waals surface area contributed by atoms with Gasteiger partial charge in [-0.25, -0.2) is 4.98 Å². The van der Waals surface area contributed by atoms with Crippen LogP contribution in [0.1, 0.15) is 20.9 Å². The van der Waals surface area contributed by atoms with Crippen molar-refractivity contribution in [1.29, 1.82) is 0 Å². The minimum absolute atomic E-state index is 0.699. The monoisotopic (exact) mass is 316 g/mol. The molecule has 108 valence electrons. The van der Waals surface area contributed by atoms with Crippen molar-refractivity contribution in [2.75, 3.05) is 7.11 Å². The molecule has 3 nitrogen and oxygen atoms in total. The van der Waals surface area contributed by atoms with Gasteiger partial charge in [0.2, 0.25) is 5.88 Å². The van der Waals surface area contributed by atoms with Gasteiger partial charge in [0.1, 0.15) is 0 Å². The van der Waals surface area contributed by atoms with E-state index in [1.807, 2.05) is 13.1 Å². The van der Waals surface area contributed by atoms with Crippen LogP contribution in [0.5, 0.6) is 5.88 Å². The summed E-state index contributed by atoms with van der Waals surface area (Å²) in [5.74, 6) is 0.699. The number of benzene rings is 1. The van der Waals surface area contributed by atoms with E-state index in [2.05, 4.69) is 41.2 Å². The molecule has 21 heavy (non-hydrogen) atoms. The van der Waals surface area contributed by atoms with Crippen molar-refractivity contribution in [1.82, 2.24) is 9.97 Å². The molecular weight excluding hydrogens is 300 g/mol. The lowest BCUT2D eigenvalue weighted by Gasteiger charge is -1.98. The Labute approximate surface area is 132 Å². The van der Waals surface area contributed by atoms with Crippen LogP contribution in [0, 0.1) is 13.8 Å². The molecule has 0 amide bonds. The quantitative estimate of drug-likeness (QED) is 0.711. The Kier molecular flexibility index (Phi) is 4.03. The molecule has 0 bridgehead atoms. The van der Waals surface area contributed by atoms with Crippen LogP contribution in [0.25, 0.3) is 10.0 Å². The molecule has 5 heteroatoms. The van der Waals surface area contributed by atoms with Gasteiger partial charge >= 0.3 is 0 Å². The van der Waals surface area contributed by atoms with E-state index in [0.29, 0.717) is 5.88 Å². The van der Waals surface area contributed by atoms with Crippen molar-refractivity contribution < 1.29 is 4.74 Å². The Bertz CT molecular complexity index is 744. The highest BCUT2D eigenvalue weighted by molar-refractivity contribution is 7.21. The Balaban J connectivity index is 1.80. The molecular formula is C16H16N2OS2. The van der Waals surface area contributed by atoms with Crippen LogP contribution in [0.4, 0.5) is 0 Å². The molecule has 3 rings (SSSR count). The molecule has 0 aliphatic carbocycles. The van der Waals surface area contributed by atoms with E-state index in [4.69, 9.17) is 4.74 Å². The lowest BCUT2D eigenvalue weighted by atomic mass is 10.1. The molecule has 2 aromatic heterocycles. The fraction of sp³-hybridized carbons (Fsp3) is 0.250. The summed E-state index contributed by atoms with van der Waals surface area (Å²) in [6, 6.07) is 8.63. The minimum atomic E-state index is 0.699. The number of hydrogen-bond acceptors (Lipinski definition) is 5. The molecule has 0 radical (unpaired) electrons. The molecule has 0 unspecified atom stereocenters. The third-order valence-corrected chi connectivity index (χ3v) is 5.27. The average Bonchev–Trinajstić information content (AvgIpc) is 3.08. The van der Waals surface area contributed by atoms with Gasteiger partial charge in [-0.1, -0.05) is 29.8 Å². The molecule has 0 atom stereocenters. The fourth-order valence-electron chi connectivity index (χ4n) is 2.06. The number of thiazole rings is 2. The molecule has 0 fully saturated rings. The lowest BCUT2D eigenvalue weighted by Crippen LogP contribution is -1.84. The van der Waals surface area contributed by atoms with Gasteiger partial charge in [0.05, 0.1) is 12.0 Å². The van der Waals surface area contributed by atoms with Crippen LogP contribution in [0.15, 0.2) is 30.5 Å². The van der Waals surface area contributed by atoms with Crippen LogP contribution in [-0.2, 0) is 6.42 Å². The number of ether oxygens (including phenoxy) is 1. The Morgan fingerprint density at radius 3 is 2.48 bits per heavy atom. The van der Waals surface area contributed by atoms with Gasteiger partial charge < -0.3 is 4.74 Å². The topological polar surface area (TPSA) is 35.0 Å². The Morgan fingerprint density at radius 2 is 1.81 bits per heavy atom. The highest BCUT2D eigenvalue weighted by Crippen LogP contribution is 2.34. The van der Waals surface area contributed by atoms with Crippen molar-refractivity contribution in [2.24, 2.45) is 0 Å². The summed E-state index contributed by atoms with van der Waals surface area (Å²) in [6.07, 6.45) is 2.86. The number of aryl methyl sites for hydroxylation is 2. The molecule has 0 saturated heterocycles. The second-order valence-corrected chi connectivity index (χ2v) is 7.20. The van der Waals surface area contributed by atoms with E-state index in [1.54, 1.807) is 29.8 Å². The van der Waals surface area contributed by atoms with Gasteiger partial charge in [-0.05, 0) is 19.4 Å². The molecule has 3 aromatic rings. The van der Waals surface area contributed by atoms with Crippen molar-refractivity contribution in [3.63, 3.8) is 0 Å². The molecule has 0 saturated carbocycles. The first-order valence-corrected chi connectivity index (χ1v) is 8.31. The van der Waals surface area contributed by atoms with Gasteiger partial charge in [-0.15, -0.1) is 22.7 Å². The number of nitrogens with zero attached hydrogens (tertiary/aromatic N) is 2. The first-order chi connectivity index (χ1) is 10.2. The highest BCUT2D eigenvalue weighted by atomic mass is 32.1. The van der Waals surface area contributed by atoms with E-state index < -0.39 is 0 Å². The normalized spacial score (nSPS) is 10.8. The van der Waals surface area contributed by atoms with E-state index >= 15 is 0 Å². The van der Waals surface area contributed by atoms with Crippen LogP contribution in [0.2, 0.25) is 0 Å². The molecule has 1 aromatic carbocycles. The summed E-state index contributed by atoms with van der Waals surface area (Å²) in [4.78, 5) is 11.3. The summed E-state index contributed by atoms with van der Waals surface area (Å²) in [5, 5.41) is 1.90. The zero-order chi connectivity index (χ0) is 14.8. The van der Waals surface area contributed by atoms with Crippen LogP contribution in [-0.4, -0.2) is 17.1 Å². The summed E-state index contributed by atoms with van der Waals surface area (Å²) in [5.41, 5.74) is 2.60. The first-order valence-electron chi connectivity index (χ1n) is 6.68. The zero-order valence-corrected chi connectivity index (χ0v) is 13.8. The smallest absolute Gasteiger partial charge is 0.227 e. The SMILES string of the molecule is COc1nc(-c2ncc(Cc3ccc(C)cc3)s2)sc1C. The van der Waals surface area contributed by atoms with E-state index in [0.717, 1.165) is 21.3 Å². The predicted molar refractivity (Wildman–Crippen MR) is 88.5 cm³/mol. The van der Waals surface area contributed by atoms with Crippen LogP contribution >= 0.6 is 22.7 Å². The summed E-state index contributed by atoms with van der Waals surface area (Å²) in [7, 11) is 1.65. The van der Waals surface area contributed by atoms with Crippen molar-refractivity contribution in [3.8, 4) is 15.9 Å². The maximum absolute atomic E-state index is 5.24. The average molecular weight is 316 g/mol. The Hall–Kier alpha value is -1.72. The molecule has 2 heterocycles. The maximum Gasteiger partial charge on any atom is 0.227 e. The second-order valence-electron chi connectivity index (χ2n) is 4.88. The Morgan fingerprint density at radius 1 is 1.05 bits per heavy atom. The van der Waals surface area contributed by atoms with Crippen molar-refractivity contribution in [3.05, 3.63) is 51.3 Å². The highest BCUT2D eigenvalue weighted by Gasteiger charge is 2.13. The molecule has 0 aliphatic heterocycles. The zero-order valence-electron chi connectivity index (χ0n) is 12.2. The molecule has 0 aliphatic rings. The van der Waals surface area contributed by atoms with Gasteiger partial charge in [-0.3, -0.25) is 0 Å². The number of aromatic nitrogens is 2. The van der Waals surface area contributed by atoms with Crippen LogP contribution < -0.4 is 4.74 Å². The summed E-state index contributed by atoms with van der Waals surface area (Å²) >= 11 is 3.32. The number of rotatable bonds is 4. The van der Waals surface area contributed by atoms with Gasteiger partial charge in [0.25, 0.3) is 0 Å². The molecule has 0 N–H and O–H groups in total. The maximum atomic E-state index is 5.24. The van der Waals surface area contributed by atoms with Crippen molar-refractivity contribution >= 4 is 22.7 Å². The predicted octanol–water partition coefficient (Wildman–Crippen LogP) is 4.48. The molecule has 0 spiro atoms. The van der Waals surface area contributed by atoms with Gasteiger partial charge in [-0.2, -0.15) is 4.98 Å². The number of methoxy groups -OCH3 is 1. The minimum Gasteiger partial charge on any atom is -0.480 e. The lowest BCUT2D eigenvalue weighted by molar-refractivity contribution is 0.398. The van der Waals surface area contributed by atoms with Crippen LogP contribution in [0.3, 0.4) is 0 Å². The number of hydrogen-bond donors (Lipinski definition) is 0. The first kappa shape index (κ1) is 14.2. The van der Waals surface area contributed by atoms with Gasteiger partial charge in [0.15, 0.2) is 10.0 Å². The van der Waals surface area contributed by atoms with Gasteiger partial charge in [0, 0.05) is 17.5 Å². The third-order valence-electron chi connectivity index (χ3n) is 3.18. The summed E-state index contributed by atoms with van der Waals surface area (Å²) in [6.45, 7) is 4.12. The third kappa shape index (κ3) is 3.14. The van der Waals surface area contributed by atoms with E-state index in [-0.39, 0.29) is 0 Å². The van der Waals surface area contributed by atoms with Crippen molar-refractivity contribution in [2.45, 2.75) is 20.3 Å². The summed E-state index contributed by atoms with van der Waals surface area (Å²) < 4.78 is 5.24. The van der Waals surface area contributed by atoms with E-state index in [9.17, 15) is 0 Å². The standard InChI is InChI=1S/C16H16N2OS2/c1-10-4-6-12(7-5-10)8-13-9-17-15(21-13)16-18-14(19-3)11(2)20-16/h4-7,9H,8H2,1-3H3. The fourth-order valence-corrected chi connectivity index (χ4v) is 3.91. The van der Waals surface area contributed by atoms with E-state index in [1.165, 1.54) is 16.0 Å². The largest absolute Gasteiger partial charge is 0.480 e.